The Morgan fingerprint density at radius 3 is 2.43 bits per heavy atom. The molecule has 1 heterocycles. The molecule has 3 rings (SSSR count). The first-order valence-corrected chi connectivity index (χ1v) is 6.78. The Morgan fingerprint density at radius 1 is 1.05 bits per heavy atom. The van der Waals surface area contributed by atoms with Crippen LogP contribution in [0.15, 0.2) is 47.0 Å². The molecule has 0 radical (unpaired) electrons. The van der Waals surface area contributed by atoms with Crippen LogP contribution >= 0.6 is 23.2 Å². The molecule has 106 valence electrons. The minimum Gasteiger partial charge on any atom is -0.367 e. The van der Waals surface area contributed by atoms with Gasteiger partial charge in [0, 0.05) is 10.6 Å². The summed E-state index contributed by atoms with van der Waals surface area (Å²) in [6, 6.07) is 10.9. The fourth-order valence-corrected chi connectivity index (χ4v) is 2.56. The fraction of sp³-hybridized carbons (Fsp3) is 0. The van der Waals surface area contributed by atoms with Gasteiger partial charge >= 0.3 is 0 Å². The van der Waals surface area contributed by atoms with Crippen molar-refractivity contribution in [3.05, 3.63) is 58.3 Å². The van der Waals surface area contributed by atoms with Crippen LogP contribution in [0.3, 0.4) is 0 Å². The Hall–Kier alpha value is -2.04. The number of benzene rings is 2. The summed E-state index contributed by atoms with van der Waals surface area (Å²) >= 11 is 12.1. The summed E-state index contributed by atoms with van der Waals surface area (Å²) in [6.07, 6.45) is 0. The van der Waals surface area contributed by atoms with Gasteiger partial charge in [0.15, 0.2) is 0 Å². The van der Waals surface area contributed by atoms with Gasteiger partial charge in [-0.1, -0.05) is 40.5 Å². The number of hydrogen-bond donors (Lipinski definition) is 1. The zero-order valence-electron chi connectivity index (χ0n) is 10.6. The Balaban J connectivity index is 2.19. The van der Waals surface area contributed by atoms with Gasteiger partial charge in [0.25, 0.3) is 0 Å². The molecular weight excluding hydrogens is 314 g/mol. The highest BCUT2D eigenvalue weighted by Gasteiger charge is 2.19. The average Bonchev–Trinajstić information content (AvgIpc) is 2.82. The van der Waals surface area contributed by atoms with Crippen LogP contribution in [0.4, 0.5) is 10.3 Å². The van der Waals surface area contributed by atoms with Crippen LogP contribution in [-0.2, 0) is 0 Å². The van der Waals surface area contributed by atoms with E-state index in [9.17, 15) is 4.39 Å². The minimum atomic E-state index is -0.333. The second-order valence-corrected chi connectivity index (χ2v) is 5.25. The normalized spacial score (nSPS) is 10.8. The molecule has 0 fully saturated rings. The van der Waals surface area contributed by atoms with Gasteiger partial charge in [0.2, 0.25) is 5.88 Å². The largest absolute Gasteiger partial charge is 0.367 e. The van der Waals surface area contributed by atoms with Crippen molar-refractivity contribution in [1.82, 2.24) is 5.16 Å². The van der Waals surface area contributed by atoms with Crippen molar-refractivity contribution in [3.8, 4) is 22.4 Å². The third-order valence-corrected chi connectivity index (χ3v) is 3.59. The predicted molar refractivity (Wildman–Crippen MR) is 81.8 cm³/mol. The molecule has 0 atom stereocenters. The predicted octanol–water partition coefficient (Wildman–Crippen LogP) is 5.04. The van der Waals surface area contributed by atoms with E-state index in [1.165, 1.54) is 12.1 Å². The fourth-order valence-electron chi connectivity index (χ4n) is 2.06. The second-order valence-electron chi connectivity index (χ2n) is 4.40. The zero-order chi connectivity index (χ0) is 15.0. The molecule has 0 saturated heterocycles. The van der Waals surface area contributed by atoms with Crippen LogP contribution in [0.1, 0.15) is 0 Å². The van der Waals surface area contributed by atoms with Gasteiger partial charge in [-0.15, -0.1) is 0 Å². The third-order valence-electron chi connectivity index (χ3n) is 3.04. The molecule has 0 spiro atoms. The number of aromatic nitrogens is 1. The quantitative estimate of drug-likeness (QED) is 0.719. The van der Waals surface area contributed by atoms with E-state index in [4.69, 9.17) is 33.5 Å². The van der Waals surface area contributed by atoms with Crippen molar-refractivity contribution in [2.24, 2.45) is 0 Å². The van der Waals surface area contributed by atoms with Gasteiger partial charge in [-0.25, -0.2) is 4.39 Å². The lowest BCUT2D eigenvalue weighted by atomic mass is 10.0. The van der Waals surface area contributed by atoms with Gasteiger partial charge in [-0.05, 0) is 35.9 Å². The maximum Gasteiger partial charge on any atom is 0.230 e. The van der Waals surface area contributed by atoms with E-state index in [1.807, 2.05) is 0 Å². The first-order chi connectivity index (χ1) is 10.1. The van der Waals surface area contributed by atoms with Crippen LogP contribution in [0.5, 0.6) is 0 Å². The summed E-state index contributed by atoms with van der Waals surface area (Å²) in [6.45, 7) is 0. The molecule has 6 heteroatoms. The van der Waals surface area contributed by atoms with Crippen LogP contribution in [0.2, 0.25) is 10.0 Å². The minimum absolute atomic E-state index is 0.141. The summed E-state index contributed by atoms with van der Waals surface area (Å²) in [5, 5.41) is 4.90. The van der Waals surface area contributed by atoms with Crippen molar-refractivity contribution in [2.75, 3.05) is 5.73 Å². The van der Waals surface area contributed by atoms with Gasteiger partial charge in [-0.2, -0.15) is 0 Å². The molecule has 0 bridgehead atoms. The van der Waals surface area contributed by atoms with Gasteiger partial charge < -0.3 is 10.3 Å². The molecule has 2 aromatic carbocycles. The Kier molecular flexibility index (Phi) is 3.57. The van der Waals surface area contributed by atoms with Crippen LogP contribution in [-0.4, -0.2) is 5.16 Å². The maximum absolute atomic E-state index is 13.1. The van der Waals surface area contributed by atoms with Gasteiger partial charge in [-0.3, -0.25) is 0 Å². The van der Waals surface area contributed by atoms with E-state index < -0.39 is 0 Å². The highest BCUT2D eigenvalue weighted by Crippen LogP contribution is 2.39. The van der Waals surface area contributed by atoms with Crippen molar-refractivity contribution in [2.45, 2.75) is 0 Å². The number of nitrogens with zero attached hydrogens (tertiary/aromatic N) is 1. The van der Waals surface area contributed by atoms with Crippen LogP contribution < -0.4 is 5.73 Å². The van der Waals surface area contributed by atoms with Crippen LogP contribution in [0, 0.1) is 5.82 Å². The molecule has 3 aromatic rings. The molecule has 0 aliphatic rings. The molecule has 2 N–H and O–H groups in total. The Morgan fingerprint density at radius 2 is 1.76 bits per heavy atom. The summed E-state index contributed by atoms with van der Waals surface area (Å²) in [4.78, 5) is 0. The van der Waals surface area contributed by atoms with E-state index in [0.717, 1.165) is 0 Å². The average molecular weight is 323 g/mol. The summed E-state index contributed by atoms with van der Waals surface area (Å²) < 4.78 is 18.1. The number of rotatable bonds is 2. The van der Waals surface area contributed by atoms with E-state index in [-0.39, 0.29) is 11.7 Å². The molecule has 3 nitrogen and oxygen atoms in total. The SMILES string of the molecule is Nc1onc(-c2ccc(Cl)cc2Cl)c1-c1ccc(F)cc1. The molecule has 0 amide bonds. The summed E-state index contributed by atoms with van der Waals surface area (Å²) in [5.41, 5.74) is 8.22. The molecule has 1 aromatic heterocycles. The lowest BCUT2D eigenvalue weighted by molar-refractivity contribution is 0.439. The smallest absolute Gasteiger partial charge is 0.230 e. The Bertz CT molecular complexity index is 800. The Labute approximate surface area is 130 Å². The molecule has 21 heavy (non-hydrogen) atoms. The number of nitrogen functional groups attached to an aromatic ring is 1. The van der Waals surface area contributed by atoms with Crippen molar-refractivity contribution in [3.63, 3.8) is 0 Å². The lowest BCUT2D eigenvalue weighted by Crippen LogP contribution is -1.89. The first-order valence-electron chi connectivity index (χ1n) is 6.03. The number of hydrogen-bond acceptors (Lipinski definition) is 3. The molecular formula is C15H9Cl2FN2O. The van der Waals surface area contributed by atoms with Crippen molar-refractivity contribution < 1.29 is 8.91 Å². The monoisotopic (exact) mass is 322 g/mol. The topological polar surface area (TPSA) is 52.0 Å². The van der Waals surface area contributed by atoms with E-state index in [2.05, 4.69) is 5.16 Å². The molecule has 0 aliphatic heterocycles. The van der Waals surface area contributed by atoms with Crippen molar-refractivity contribution in [1.29, 1.82) is 0 Å². The zero-order valence-corrected chi connectivity index (χ0v) is 12.1. The molecule has 0 aliphatic carbocycles. The van der Waals surface area contributed by atoms with Gasteiger partial charge in [0.1, 0.15) is 11.5 Å². The van der Waals surface area contributed by atoms with E-state index in [1.54, 1.807) is 30.3 Å². The maximum atomic E-state index is 13.1. The summed E-state index contributed by atoms with van der Waals surface area (Å²) in [5.74, 6) is -0.192. The first kappa shape index (κ1) is 13.9. The van der Waals surface area contributed by atoms with E-state index in [0.29, 0.717) is 32.4 Å². The van der Waals surface area contributed by atoms with Gasteiger partial charge in [0.05, 0.1) is 10.6 Å². The third kappa shape index (κ3) is 2.60. The second kappa shape index (κ2) is 5.39. The standard InChI is InChI=1S/C15H9Cl2FN2O/c16-9-3-6-11(12(17)7-9)14-13(15(19)21-20-14)8-1-4-10(18)5-2-8/h1-7H,19H2. The molecule has 0 unspecified atom stereocenters. The van der Waals surface area contributed by atoms with Crippen LogP contribution in [0.25, 0.3) is 22.4 Å². The van der Waals surface area contributed by atoms with E-state index >= 15 is 0 Å². The number of anilines is 1. The number of nitrogens with two attached hydrogens (primary N) is 1. The highest BCUT2D eigenvalue weighted by atomic mass is 35.5. The number of halogens is 3. The molecule has 0 saturated carbocycles. The van der Waals surface area contributed by atoms with Crippen molar-refractivity contribution >= 4 is 29.1 Å². The summed E-state index contributed by atoms with van der Waals surface area (Å²) in [7, 11) is 0. The lowest BCUT2D eigenvalue weighted by Gasteiger charge is -2.05. The highest BCUT2D eigenvalue weighted by molar-refractivity contribution is 6.36.